The fourth-order valence-corrected chi connectivity index (χ4v) is 6.69. The molecule has 0 unspecified atom stereocenters. The number of rotatable bonds is 14. The smallest absolute Gasteiger partial charge is 0.390 e. The number of alkyl halides is 3. The molecule has 0 aliphatic carbocycles. The topological polar surface area (TPSA) is 98.7 Å². The second kappa shape index (κ2) is 15.6. The Hall–Kier alpha value is -3.84. The zero-order chi connectivity index (χ0) is 33.3. The van der Waals surface area contributed by atoms with Crippen LogP contribution >= 0.6 is 11.8 Å². The normalized spacial score (nSPS) is 13.2. The van der Waals surface area contributed by atoms with E-state index in [1.807, 2.05) is 37.3 Å². The largest absolute Gasteiger partial charge is 0.416 e. The molecule has 0 saturated carbocycles. The summed E-state index contributed by atoms with van der Waals surface area (Å²) >= 11 is 1.45. The van der Waals surface area contributed by atoms with Gasteiger partial charge in [0.05, 0.1) is 35.3 Å². The number of para-hydroxylation sites is 1. The number of carbonyl (C=O) groups is 1. The van der Waals surface area contributed by atoms with Crippen molar-refractivity contribution in [2.45, 2.75) is 43.1 Å². The number of aliphatic hydroxyl groups is 1. The molecular weight excluding hydrogens is 636 g/mol. The van der Waals surface area contributed by atoms with Gasteiger partial charge in [-0.25, -0.2) is 12.7 Å². The molecule has 0 heterocycles. The summed E-state index contributed by atoms with van der Waals surface area (Å²) in [7, 11) is -3.78. The standard InChI is InChI=1S/C34H36F3N3O4S2/c1-3-45-30-20-26(19-29(21-30)40(46(2,43)44)28-15-8-5-9-16-28)33(42)39-31(18-24-11-6-4-7-12-24)32(41)23-38-22-25-13-10-14-27(17-25)34(35,36)37/h4-17,19-21,31-32,38,41H,3,18,22-23H2,1-2H3,(H,39,42)/t31-,32+/m0/s1. The highest BCUT2D eigenvalue weighted by molar-refractivity contribution is 7.99. The van der Waals surface area contributed by atoms with Crippen LogP contribution in [-0.4, -0.2) is 50.1 Å². The van der Waals surface area contributed by atoms with E-state index in [1.54, 1.807) is 48.5 Å². The van der Waals surface area contributed by atoms with Crippen LogP contribution in [0.2, 0.25) is 0 Å². The number of hydrogen-bond donors (Lipinski definition) is 3. The van der Waals surface area contributed by atoms with E-state index in [1.165, 1.54) is 28.2 Å². The number of nitrogens with one attached hydrogen (secondary N) is 2. The summed E-state index contributed by atoms with van der Waals surface area (Å²) < 4.78 is 66.5. The van der Waals surface area contributed by atoms with E-state index in [-0.39, 0.29) is 25.1 Å². The van der Waals surface area contributed by atoms with Crippen molar-refractivity contribution in [3.63, 3.8) is 0 Å². The second-order valence-electron chi connectivity index (χ2n) is 10.7. The molecule has 4 rings (SSSR count). The van der Waals surface area contributed by atoms with E-state index >= 15 is 0 Å². The van der Waals surface area contributed by atoms with Crippen LogP contribution in [-0.2, 0) is 29.2 Å². The zero-order valence-corrected chi connectivity index (χ0v) is 27.0. The van der Waals surface area contributed by atoms with Crippen LogP contribution in [0.1, 0.15) is 34.0 Å². The van der Waals surface area contributed by atoms with Gasteiger partial charge in [-0.3, -0.25) is 4.79 Å². The molecule has 1 amide bonds. The fourth-order valence-electron chi connectivity index (χ4n) is 4.94. The molecule has 0 aliphatic heterocycles. The third kappa shape index (κ3) is 9.83. The van der Waals surface area contributed by atoms with Gasteiger partial charge in [0.25, 0.3) is 5.91 Å². The van der Waals surface area contributed by atoms with E-state index in [0.717, 1.165) is 24.0 Å². The maximum atomic E-state index is 13.8. The minimum atomic E-state index is -4.47. The number of sulfonamides is 1. The Labute approximate surface area is 271 Å². The van der Waals surface area contributed by atoms with E-state index < -0.39 is 39.8 Å². The van der Waals surface area contributed by atoms with Gasteiger partial charge >= 0.3 is 6.18 Å². The summed E-state index contributed by atoms with van der Waals surface area (Å²) in [4.78, 5) is 14.5. The van der Waals surface area contributed by atoms with Gasteiger partial charge in [-0.15, -0.1) is 11.8 Å². The Balaban J connectivity index is 1.58. The Morgan fingerprint density at radius 2 is 1.54 bits per heavy atom. The Morgan fingerprint density at radius 3 is 2.17 bits per heavy atom. The first kappa shape index (κ1) is 35.0. The summed E-state index contributed by atoms with van der Waals surface area (Å²) in [5.41, 5.74) is 1.41. The number of amides is 1. The molecule has 4 aromatic carbocycles. The third-order valence-electron chi connectivity index (χ3n) is 7.04. The highest BCUT2D eigenvalue weighted by atomic mass is 32.2. The van der Waals surface area contributed by atoms with Crippen molar-refractivity contribution in [3.05, 3.63) is 125 Å². The molecule has 244 valence electrons. The minimum Gasteiger partial charge on any atom is -0.390 e. The molecule has 2 atom stereocenters. The molecule has 0 saturated heterocycles. The van der Waals surface area contributed by atoms with Crippen molar-refractivity contribution in [2.75, 3.05) is 22.9 Å². The van der Waals surface area contributed by atoms with Gasteiger partial charge in [-0.2, -0.15) is 13.2 Å². The molecule has 46 heavy (non-hydrogen) atoms. The summed E-state index contributed by atoms with van der Waals surface area (Å²) in [5.74, 6) is 0.168. The van der Waals surface area contributed by atoms with E-state index in [9.17, 15) is 31.5 Å². The van der Waals surface area contributed by atoms with E-state index in [0.29, 0.717) is 27.6 Å². The summed E-state index contributed by atoms with van der Waals surface area (Å²) in [6.07, 6.45) is -4.21. The Bertz CT molecular complexity index is 1710. The maximum Gasteiger partial charge on any atom is 0.416 e. The van der Waals surface area contributed by atoms with Gasteiger partial charge in [-0.05, 0) is 59.7 Å². The molecule has 12 heteroatoms. The Kier molecular flexibility index (Phi) is 11.9. The first-order valence-corrected chi connectivity index (χ1v) is 17.4. The van der Waals surface area contributed by atoms with E-state index in [2.05, 4.69) is 10.6 Å². The van der Waals surface area contributed by atoms with Crippen LogP contribution in [0.4, 0.5) is 24.5 Å². The van der Waals surface area contributed by atoms with Crippen molar-refractivity contribution >= 4 is 39.1 Å². The zero-order valence-electron chi connectivity index (χ0n) is 25.4. The Morgan fingerprint density at radius 1 is 0.891 bits per heavy atom. The van der Waals surface area contributed by atoms with Crippen molar-refractivity contribution in [1.29, 1.82) is 0 Å². The molecule has 0 radical (unpaired) electrons. The predicted molar refractivity (Wildman–Crippen MR) is 177 cm³/mol. The van der Waals surface area contributed by atoms with Crippen molar-refractivity contribution in [3.8, 4) is 0 Å². The summed E-state index contributed by atoms with van der Waals surface area (Å²) in [6, 6.07) is 26.9. The average molecular weight is 672 g/mol. The van der Waals surface area contributed by atoms with E-state index in [4.69, 9.17) is 0 Å². The number of halogens is 3. The van der Waals surface area contributed by atoms with Crippen LogP contribution in [0.5, 0.6) is 0 Å². The number of hydrogen-bond acceptors (Lipinski definition) is 6. The second-order valence-corrected chi connectivity index (χ2v) is 13.8. The maximum absolute atomic E-state index is 13.8. The monoisotopic (exact) mass is 671 g/mol. The first-order valence-electron chi connectivity index (χ1n) is 14.6. The van der Waals surface area contributed by atoms with Gasteiger partial charge in [-0.1, -0.05) is 73.7 Å². The van der Waals surface area contributed by atoms with Crippen LogP contribution in [0.25, 0.3) is 0 Å². The number of aliphatic hydroxyl groups excluding tert-OH is 1. The van der Waals surface area contributed by atoms with Crippen LogP contribution in [0, 0.1) is 0 Å². The molecule has 0 spiro atoms. The lowest BCUT2D eigenvalue weighted by atomic mass is 10.00. The molecule has 3 N–H and O–H groups in total. The number of thioether (sulfide) groups is 1. The minimum absolute atomic E-state index is 0.0130. The molecule has 0 bridgehead atoms. The van der Waals surface area contributed by atoms with Gasteiger partial charge in [0.2, 0.25) is 10.0 Å². The van der Waals surface area contributed by atoms with Crippen molar-refractivity contribution in [2.24, 2.45) is 0 Å². The molecule has 4 aromatic rings. The first-order chi connectivity index (χ1) is 21.8. The molecule has 0 fully saturated rings. The SMILES string of the molecule is CCSc1cc(C(=O)N[C@@H](Cc2ccccc2)[C@H](O)CNCc2cccc(C(F)(F)F)c2)cc(N(c2ccccc2)S(C)(=O)=O)c1. The van der Waals surface area contributed by atoms with Crippen molar-refractivity contribution in [1.82, 2.24) is 10.6 Å². The lowest BCUT2D eigenvalue weighted by Gasteiger charge is -2.26. The fraction of sp³-hybridized carbons (Fsp3) is 0.265. The summed E-state index contributed by atoms with van der Waals surface area (Å²) in [5, 5.41) is 17.1. The van der Waals surface area contributed by atoms with Gasteiger partial charge in [0, 0.05) is 23.5 Å². The number of benzene rings is 4. The quantitative estimate of drug-likeness (QED) is 0.134. The van der Waals surface area contributed by atoms with Crippen molar-refractivity contribution < 1.29 is 31.5 Å². The van der Waals surface area contributed by atoms with Gasteiger partial charge < -0.3 is 15.7 Å². The summed E-state index contributed by atoms with van der Waals surface area (Å²) in [6.45, 7) is 2.01. The van der Waals surface area contributed by atoms with Crippen LogP contribution in [0.3, 0.4) is 0 Å². The predicted octanol–water partition coefficient (Wildman–Crippen LogP) is 6.41. The number of anilines is 2. The molecule has 7 nitrogen and oxygen atoms in total. The molecule has 0 aromatic heterocycles. The van der Waals surface area contributed by atoms with Gasteiger partial charge in [0.15, 0.2) is 0 Å². The highest BCUT2D eigenvalue weighted by Crippen LogP contribution is 2.33. The number of carbonyl (C=O) groups excluding carboxylic acids is 1. The van der Waals surface area contributed by atoms with Gasteiger partial charge in [0.1, 0.15) is 0 Å². The lowest BCUT2D eigenvalue weighted by Crippen LogP contribution is -2.48. The highest BCUT2D eigenvalue weighted by Gasteiger charge is 2.30. The van der Waals surface area contributed by atoms with Crippen LogP contribution < -0.4 is 14.9 Å². The third-order valence-corrected chi connectivity index (χ3v) is 8.98. The average Bonchev–Trinajstić information content (AvgIpc) is 3.01. The van der Waals surface area contributed by atoms with Crippen LogP contribution in [0.15, 0.2) is 108 Å². The molecular formula is C34H36F3N3O4S2. The number of nitrogens with zero attached hydrogens (tertiary/aromatic N) is 1. The molecule has 0 aliphatic rings. The lowest BCUT2D eigenvalue weighted by molar-refractivity contribution is -0.137.